The number of ether oxygens (including phenoxy) is 1. The lowest BCUT2D eigenvalue weighted by Gasteiger charge is -2.33. The number of unbranched alkanes of at least 4 members (excludes halogenated alkanes) is 1. The average Bonchev–Trinajstić information content (AvgIpc) is 2.62. The third kappa shape index (κ3) is 4.81. The number of amides is 2. The van der Waals surface area contributed by atoms with E-state index in [0.29, 0.717) is 44.3 Å². The van der Waals surface area contributed by atoms with Crippen LogP contribution < -0.4 is 5.32 Å². The fraction of sp³-hybridized carbons (Fsp3) is 0.625. The first-order valence-electron chi connectivity index (χ1n) is 8.44. The van der Waals surface area contributed by atoms with Crippen molar-refractivity contribution in [3.8, 4) is 0 Å². The fourth-order valence-electron chi connectivity index (χ4n) is 2.40. The molecule has 0 saturated carbocycles. The van der Waals surface area contributed by atoms with E-state index in [1.54, 1.807) is 28.9 Å². The fourth-order valence-corrected chi connectivity index (χ4v) is 2.40. The summed E-state index contributed by atoms with van der Waals surface area (Å²) in [5, 5.41) is 11.2. The van der Waals surface area contributed by atoms with Gasteiger partial charge in [-0.15, -0.1) is 10.2 Å². The van der Waals surface area contributed by atoms with Gasteiger partial charge in [0.15, 0.2) is 5.69 Å². The van der Waals surface area contributed by atoms with E-state index in [2.05, 4.69) is 22.4 Å². The highest BCUT2D eigenvalue weighted by molar-refractivity contribution is 5.92. The largest absolute Gasteiger partial charge is 0.450 e. The number of hydrogen-bond donors (Lipinski definition) is 1. The van der Waals surface area contributed by atoms with Crippen LogP contribution in [0, 0.1) is 0 Å². The number of carbonyl (C=O) groups excluding carboxylic acids is 2. The van der Waals surface area contributed by atoms with Crippen molar-refractivity contribution >= 4 is 17.8 Å². The minimum absolute atomic E-state index is 0.161. The van der Waals surface area contributed by atoms with Gasteiger partial charge in [0, 0.05) is 32.7 Å². The molecule has 1 aromatic rings. The maximum absolute atomic E-state index is 12.4. The second kappa shape index (κ2) is 9.05. The SMILES string of the molecule is CCCCNc1ccc(C(=O)N2CCN(C(=O)OCC)CC2)nn1. The number of anilines is 1. The van der Waals surface area contributed by atoms with Crippen LogP contribution in [-0.2, 0) is 4.74 Å². The lowest BCUT2D eigenvalue weighted by atomic mass is 10.2. The molecule has 0 spiro atoms. The van der Waals surface area contributed by atoms with Gasteiger partial charge in [0.05, 0.1) is 6.61 Å². The van der Waals surface area contributed by atoms with Crippen molar-refractivity contribution in [2.75, 3.05) is 44.6 Å². The van der Waals surface area contributed by atoms with E-state index < -0.39 is 0 Å². The first kappa shape index (κ1) is 18.0. The molecule has 24 heavy (non-hydrogen) atoms. The van der Waals surface area contributed by atoms with Crippen molar-refractivity contribution in [3.05, 3.63) is 17.8 Å². The van der Waals surface area contributed by atoms with E-state index in [4.69, 9.17) is 4.74 Å². The molecule has 1 aliphatic heterocycles. The van der Waals surface area contributed by atoms with Crippen molar-refractivity contribution in [1.29, 1.82) is 0 Å². The predicted molar refractivity (Wildman–Crippen MR) is 89.9 cm³/mol. The zero-order chi connectivity index (χ0) is 17.4. The summed E-state index contributed by atoms with van der Waals surface area (Å²) < 4.78 is 4.97. The molecule has 1 aromatic heterocycles. The zero-order valence-corrected chi connectivity index (χ0v) is 14.3. The summed E-state index contributed by atoms with van der Waals surface area (Å²) in [6.07, 6.45) is 1.84. The van der Waals surface area contributed by atoms with Crippen LogP contribution in [0.25, 0.3) is 0 Å². The molecule has 0 unspecified atom stereocenters. The maximum Gasteiger partial charge on any atom is 0.409 e. The Morgan fingerprint density at radius 1 is 1.12 bits per heavy atom. The minimum Gasteiger partial charge on any atom is -0.450 e. The Morgan fingerprint density at radius 2 is 1.83 bits per heavy atom. The van der Waals surface area contributed by atoms with Gasteiger partial charge in [0.25, 0.3) is 5.91 Å². The van der Waals surface area contributed by atoms with Gasteiger partial charge < -0.3 is 19.9 Å². The highest BCUT2D eigenvalue weighted by Gasteiger charge is 2.26. The summed E-state index contributed by atoms with van der Waals surface area (Å²) in [4.78, 5) is 27.4. The lowest BCUT2D eigenvalue weighted by molar-refractivity contribution is 0.0565. The summed E-state index contributed by atoms with van der Waals surface area (Å²) in [7, 11) is 0. The maximum atomic E-state index is 12.4. The number of nitrogens with zero attached hydrogens (tertiary/aromatic N) is 4. The highest BCUT2D eigenvalue weighted by Crippen LogP contribution is 2.09. The summed E-state index contributed by atoms with van der Waals surface area (Å²) >= 11 is 0. The number of piperazine rings is 1. The van der Waals surface area contributed by atoms with Gasteiger partial charge in [-0.3, -0.25) is 4.79 Å². The molecule has 0 aliphatic carbocycles. The molecule has 1 aliphatic rings. The lowest BCUT2D eigenvalue weighted by Crippen LogP contribution is -2.50. The summed E-state index contributed by atoms with van der Waals surface area (Å²) in [5.74, 6) is 0.512. The van der Waals surface area contributed by atoms with Crippen LogP contribution in [0.1, 0.15) is 37.2 Å². The van der Waals surface area contributed by atoms with Gasteiger partial charge >= 0.3 is 6.09 Å². The topological polar surface area (TPSA) is 87.7 Å². The van der Waals surface area contributed by atoms with Crippen molar-refractivity contribution in [1.82, 2.24) is 20.0 Å². The first-order valence-corrected chi connectivity index (χ1v) is 8.44. The first-order chi connectivity index (χ1) is 11.7. The molecular weight excluding hydrogens is 310 g/mol. The number of carbonyl (C=O) groups is 2. The Kier molecular flexibility index (Phi) is 6.77. The molecule has 1 N–H and O–H groups in total. The monoisotopic (exact) mass is 335 g/mol. The molecule has 2 amide bonds. The number of aromatic nitrogens is 2. The molecule has 1 saturated heterocycles. The second-order valence-corrected chi connectivity index (χ2v) is 5.56. The van der Waals surface area contributed by atoms with Gasteiger partial charge in [-0.2, -0.15) is 0 Å². The van der Waals surface area contributed by atoms with Gasteiger partial charge in [-0.1, -0.05) is 13.3 Å². The Bertz CT molecular complexity index is 541. The number of nitrogens with one attached hydrogen (secondary N) is 1. The highest BCUT2D eigenvalue weighted by atomic mass is 16.6. The average molecular weight is 335 g/mol. The predicted octanol–water partition coefficient (Wildman–Crippen LogP) is 1.60. The van der Waals surface area contributed by atoms with E-state index >= 15 is 0 Å². The van der Waals surface area contributed by atoms with Crippen LogP contribution in [0.5, 0.6) is 0 Å². The third-order valence-corrected chi connectivity index (χ3v) is 3.81. The summed E-state index contributed by atoms with van der Waals surface area (Å²) in [5.41, 5.74) is 0.320. The molecule has 0 bridgehead atoms. The quantitative estimate of drug-likeness (QED) is 0.795. The van der Waals surface area contributed by atoms with Crippen LogP contribution in [0.4, 0.5) is 10.6 Å². The molecule has 0 aromatic carbocycles. The van der Waals surface area contributed by atoms with Gasteiger partial charge in [0.1, 0.15) is 5.82 Å². The van der Waals surface area contributed by atoms with Crippen LogP contribution in [0.15, 0.2) is 12.1 Å². The van der Waals surface area contributed by atoms with E-state index in [1.807, 2.05) is 0 Å². The number of rotatable bonds is 6. The zero-order valence-electron chi connectivity index (χ0n) is 14.3. The Hall–Kier alpha value is -2.38. The minimum atomic E-state index is -0.327. The molecule has 1 fully saturated rings. The molecule has 8 nitrogen and oxygen atoms in total. The Balaban J connectivity index is 1.85. The standard InChI is InChI=1S/C16H25N5O3/c1-3-5-8-17-14-7-6-13(18-19-14)15(22)20-9-11-21(12-10-20)16(23)24-4-2/h6-7H,3-5,8-12H2,1-2H3,(H,17,19). The second-order valence-electron chi connectivity index (χ2n) is 5.56. The van der Waals surface area contributed by atoms with Gasteiger partial charge in [-0.05, 0) is 25.5 Å². The Labute approximate surface area is 142 Å². The molecule has 132 valence electrons. The molecule has 2 heterocycles. The Morgan fingerprint density at radius 3 is 2.42 bits per heavy atom. The van der Waals surface area contributed by atoms with Crippen LogP contribution in [0.2, 0.25) is 0 Å². The number of hydrogen-bond acceptors (Lipinski definition) is 6. The third-order valence-electron chi connectivity index (χ3n) is 3.81. The van der Waals surface area contributed by atoms with Crippen LogP contribution in [-0.4, -0.2) is 71.3 Å². The molecule has 8 heteroatoms. The van der Waals surface area contributed by atoms with Gasteiger partial charge in [-0.25, -0.2) is 4.79 Å². The van der Waals surface area contributed by atoms with E-state index in [1.165, 1.54) is 0 Å². The normalized spacial score (nSPS) is 14.4. The molecular formula is C16H25N5O3. The van der Waals surface area contributed by atoms with Crippen molar-refractivity contribution in [3.63, 3.8) is 0 Å². The smallest absolute Gasteiger partial charge is 0.409 e. The van der Waals surface area contributed by atoms with E-state index in [0.717, 1.165) is 19.4 Å². The van der Waals surface area contributed by atoms with Crippen LogP contribution in [0.3, 0.4) is 0 Å². The summed E-state index contributed by atoms with van der Waals surface area (Å²) in [6, 6.07) is 3.45. The van der Waals surface area contributed by atoms with Gasteiger partial charge in [0.2, 0.25) is 0 Å². The van der Waals surface area contributed by atoms with E-state index in [-0.39, 0.29) is 12.0 Å². The van der Waals surface area contributed by atoms with Crippen molar-refractivity contribution in [2.45, 2.75) is 26.7 Å². The molecule has 0 radical (unpaired) electrons. The van der Waals surface area contributed by atoms with Crippen molar-refractivity contribution < 1.29 is 14.3 Å². The molecule has 0 atom stereocenters. The van der Waals surface area contributed by atoms with E-state index in [9.17, 15) is 9.59 Å². The van der Waals surface area contributed by atoms with Crippen LogP contribution >= 0.6 is 0 Å². The van der Waals surface area contributed by atoms with Crippen molar-refractivity contribution in [2.24, 2.45) is 0 Å². The molecule has 2 rings (SSSR count). The summed E-state index contributed by atoms with van der Waals surface area (Å²) in [6.45, 7) is 6.96.